The first-order chi connectivity index (χ1) is 10.2. The summed E-state index contributed by atoms with van der Waals surface area (Å²) >= 11 is 0. The second kappa shape index (κ2) is 7.76. The molecule has 4 heteroatoms. The van der Waals surface area contributed by atoms with Gasteiger partial charge in [0.05, 0.1) is 12.3 Å². The summed E-state index contributed by atoms with van der Waals surface area (Å²) in [6, 6.07) is 6.00. The average Bonchev–Trinajstić information content (AvgIpc) is 2.99. The van der Waals surface area contributed by atoms with Crippen LogP contribution in [0.5, 0.6) is 0 Å². The van der Waals surface area contributed by atoms with Gasteiger partial charge >= 0.3 is 0 Å². The van der Waals surface area contributed by atoms with Gasteiger partial charge in [-0.3, -0.25) is 0 Å². The Morgan fingerprint density at radius 3 is 2.67 bits per heavy atom. The zero-order chi connectivity index (χ0) is 15.2. The SMILES string of the molecule is CCNC(C)c1ccc(N(CCO)C2CCCC2)c(F)c1. The van der Waals surface area contributed by atoms with Crippen molar-refractivity contribution in [2.45, 2.75) is 51.6 Å². The van der Waals surface area contributed by atoms with Crippen LogP contribution < -0.4 is 10.2 Å². The smallest absolute Gasteiger partial charge is 0.146 e. The first-order valence-corrected chi connectivity index (χ1v) is 8.07. The molecule has 0 aliphatic heterocycles. The number of anilines is 1. The van der Waals surface area contributed by atoms with Crippen LogP contribution in [0.15, 0.2) is 18.2 Å². The summed E-state index contributed by atoms with van der Waals surface area (Å²) in [6.45, 7) is 5.52. The number of nitrogens with one attached hydrogen (secondary N) is 1. The van der Waals surface area contributed by atoms with E-state index >= 15 is 0 Å². The fourth-order valence-corrected chi connectivity index (χ4v) is 3.27. The molecule has 2 rings (SSSR count). The van der Waals surface area contributed by atoms with Crippen LogP contribution in [0.3, 0.4) is 0 Å². The maximum atomic E-state index is 14.5. The van der Waals surface area contributed by atoms with Crippen molar-refractivity contribution in [3.05, 3.63) is 29.6 Å². The van der Waals surface area contributed by atoms with Crippen LogP contribution in [-0.2, 0) is 0 Å². The maximum absolute atomic E-state index is 14.5. The largest absolute Gasteiger partial charge is 0.395 e. The Morgan fingerprint density at radius 1 is 1.38 bits per heavy atom. The highest BCUT2D eigenvalue weighted by atomic mass is 19.1. The molecule has 1 unspecified atom stereocenters. The number of nitrogens with zero attached hydrogens (tertiary/aromatic N) is 1. The lowest BCUT2D eigenvalue weighted by Gasteiger charge is -2.31. The maximum Gasteiger partial charge on any atom is 0.146 e. The van der Waals surface area contributed by atoms with Crippen LogP contribution >= 0.6 is 0 Å². The highest BCUT2D eigenvalue weighted by Gasteiger charge is 2.24. The molecule has 1 aromatic carbocycles. The quantitative estimate of drug-likeness (QED) is 0.810. The highest BCUT2D eigenvalue weighted by Crippen LogP contribution is 2.31. The molecule has 1 aliphatic carbocycles. The lowest BCUT2D eigenvalue weighted by atomic mass is 10.1. The summed E-state index contributed by atoms with van der Waals surface area (Å²) in [5, 5.41) is 12.6. The Kier molecular flexibility index (Phi) is 6.00. The highest BCUT2D eigenvalue weighted by molar-refractivity contribution is 5.50. The summed E-state index contributed by atoms with van der Waals surface area (Å²) in [7, 11) is 0. The Balaban J connectivity index is 2.20. The molecule has 0 heterocycles. The van der Waals surface area contributed by atoms with E-state index in [0.717, 1.165) is 24.9 Å². The monoisotopic (exact) mass is 294 g/mol. The fourth-order valence-electron chi connectivity index (χ4n) is 3.27. The average molecular weight is 294 g/mol. The molecule has 1 aromatic rings. The van der Waals surface area contributed by atoms with Crippen molar-refractivity contribution in [2.75, 3.05) is 24.6 Å². The van der Waals surface area contributed by atoms with Gasteiger partial charge in [0, 0.05) is 18.6 Å². The van der Waals surface area contributed by atoms with Gasteiger partial charge in [-0.15, -0.1) is 0 Å². The minimum Gasteiger partial charge on any atom is -0.395 e. The molecule has 0 spiro atoms. The summed E-state index contributed by atoms with van der Waals surface area (Å²) in [5.41, 5.74) is 1.59. The van der Waals surface area contributed by atoms with Crippen molar-refractivity contribution in [3.8, 4) is 0 Å². The lowest BCUT2D eigenvalue weighted by Crippen LogP contribution is -2.36. The van der Waals surface area contributed by atoms with Crippen molar-refractivity contribution < 1.29 is 9.50 Å². The number of hydrogen-bond donors (Lipinski definition) is 2. The van der Waals surface area contributed by atoms with Gasteiger partial charge in [0.2, 0.25) is 0 Å². The van der Waals surface area contributed by atoms with Gasteiger partial charge in [-0.25, -0.2) is 4.39 Å². The van der Waals surface area contributed by atoms with E-state index in [-0.39, 0.29) is 18.5 Å². The minimum atomic E-state index is -0.183. The fraction of sp³-hybridized carbons (Fsp3) is 0.647. The Hall–Kier alpha value is -1.13. The molecule has 1 saturated carbocycles. The summed E-state index contributed by atoms with van der Waals surface area (Å²) in [5.74, 6) is -0.183. The van der Waals surface area contributed by atoms with Gasteiger partial charge in [0.15, 0.2) is 0 Å². The molecule has 21 heavy (non-hydrogen) atoms. The molecule has 0 saturated heterocycles. The van der Waals surface area contributed by atoms with Crippen LogP contribution in [0.2, 0.25) is 0 Å². The predicted octanol–water partition coefficient (Wildman–Crippen LogP) is 3.24. The predicted molar refractivity (Wildman–Crippen MR) is 85.2 cm³/mol. The summed E-state index contributed by atoms with van der Waals surface area (Å²) in [4.78, 5) is 2.05. The number of benzene rings is 1. The van der Waals surface area contributed by atoms with Crippen molar-refractivity contribution in [1.82, 2.24) is 5.32 Å². The molecule has 118 valence electrons. The molecule has 3 nitrogen and oxygen atoms in total. The molecule has 1 atom stereocenters. The lowest BCUT2D eigenvalue weighted by molar-refractivity contribution is 0.296. The third-order valence-electron chi connectivity index (χ3n) is 4.40. The molecule has 1 aliphatic rings. The van der Waals surface area contributed by atoms with E-state index in [2.05, 4.69) is 5.32 Å². The first-order valence-electron chi connectivity index (χ1n) is 8.07. The zero-order valence-electron chi connectivity index (χ0n) is 13.1. The number of aliphatic hydroxyl groups excluding tert-OH is 1. The van der Waals surface area contributed by atoms with Gasteiger partial charge < -0.3 is 15.3 Å². The summed E-state index contributed by atoms with van der Waals surface area (Å²) < 4.78 is 14.5. The zero-order valence-corrected chi connectivity index (χ0v) is 13.1. The van der Waals surface area contributed by atoms with E-state index < -0.39 is 0 Å². The number of aliphatic hydroxyl groups is 1. The van der Waals surface area contributed by atoms with Gasteiger partial charge in [-0.2, -0.15) is 0 Å². The Bertz CT molecular complexity index is 446. The third-order valence-corrected chi connectivity index (χ3v) is 4.40. The molecule has 1 fully saturated rings. The van der Waals surface area contributed by atoms with Crippen LogP contribution in [0.25, 0.3) is 0 Å². The van der Waals surface area contributed by atoms with Gasteiger partial charge in [0.1, 0.15) is 5.82 Å². The van der Waals surface area contributed by atoms with Crippen molar-refractivity contribution in [1.29, 1.82) is 0 Å². The molecular formula is C17H27FN2O. The molecule has 2 N–H and O–H groups in total. The van der Waals surface area contributed by atoms with Crippen LogP contribution in [0, 0.1) is 5.82 Å². The second-order valence-corrected chi connectivity index (χ2v) is 5.85. The molecule has 0 amide bonds. The Morgan fingerprint density at radius 2 is 2.10 bits per heavy atom. The van der Waals surface area contributed by atoms with E-state index in [9.17, 15) is 9.50 Å². The minimum absolute atomic E-state index is 0.0610. The van der Waals surface area contributed by atoms with E-state index in [1.165, 1.54) is 12.8 Å². The van der Waals surface area contributed by atoms with Gasteiger partial charge in [-0.1, -0.05) is 25.8 Å². The summed E-state index contributed by atoms with van der Waals surface area (Å²) in [6.07, 6.45) is 4.58. The molecular weight excluding hydrogens is 267 g/mol. The molecule has 0 bridgehead atoms. The van der Waals surface area contributed by atoms with E-state index in [1.807, 2.05) is 30.9 Å². The standard InChI is InChI=1S/C17H27FN2O/c1-3-19-13(2)14-8-9-17(16(18)12-14)20(10-11-21)15-6-4-5-7-15/h8-9,12-13,15,19,21H,3-7,10-11H2,1-2H3. The van der Waals surface area contributed by atoms with Gasteiger partial charge in [0.25, 0.3) is 0 Å². The second-order valence-electron chi connectivity index (χ2n) is 5.85. The van der Waals surface area contributed by atoms with Crippen molar-refractivity contribution in [2.24, 2.45) is 0 Å². The number of rotatable bonds is 7. The number of halogens is 1. The number of hydrogen-bond acceptors (Lipinski definition) is 3. The Labute approximate surface area is 127 Å². The van der Waals surface area contributed by atoms with Crippen LogP contribution in [-0.4, -0.2) is 30.8 Å². The topological polar surface area (TPSA) is 35.5 Å². The first kappa shape index (κ1) is 16.2. The third kappa shape index (κ3) is 3.95. The van der Waals surface area contributed by atoms with Gasteiger partial charge in [-0.05, 0) is 44.0 Å². The van der Waals surface area contributed by atoms with E-state index in [1.54, 1.807) is 6.07 Å². The van der Waals surface area contributed by atoms with Crippen LogP contribution in [0.1, 0.15) is 51.1 Å². The van der Waals surface area contributed by atoms with E-state index in [0.29, 0.717) is 18.3 Å². The molecule has 0 aromatic heterocycles. The van der Waals surface area contributed by atoms with Crippen molar-refractivity contribution in [3.63, 3.8) is 0 Å². The van der Waals surface area contributed by atoms with E-state index in [4.69, 9.17) is 0 Å². The normalized spacial score (nSPS) is 17.1. The molecule has 0 radical (unpaired) electrons. The van der Waals surface area contributed by atoms with Crippen LogP contribution in [0.4, 0.5) is 10.1 Å². The van der Waals surface area contributed by atoms with Crippen molar-refractivity contribution >= 4 is 5.69 Å².